The van der Waals surface area contributed by atoms with E-state index in [0.717, 1.165) is 5.56 Å². The minimum absolute atomic E-state index is 0.170. The van der Waals surface area contributed by atoms with E-state index in [1.807, 2.05) is 0 Å². The van der Waals surface area contributed by atoms with Crippen molar-refractivity contribution in [2.45, 2.75) is 0 Å². The molecule has 0 radical (unpaired) electrons. The molecule has 158 valence electrons. The lowest BCUT2D eigenvalue weighted by molar-refractivity contribution is -0.118. The molecule has 0 saturated heterocycles. The second-order valence-corrected chi connectivity index (χ2v) is 7.46. The summed E-state index contributed by atoms with van der Waals surface area (Å²) in [6, 6.07) is 18.3. The molecular weight excluding hydrogens is 461 g/mol. The summed E-state index contributed by atoms with van der Waals surface area (Å²) >= 11 is 17.8. The van der Waals surface area contributed by atoms with Crippen LogP contribution >= 0.6 is 34.8 Å². The van der Waals surface area contributed by atoms with Crippen LogP contribution < -0.4 is 15.5 Å². The highest BCUT2D eigenvalue weighted by atomic mass is 35.5. The van der Waals surface area contributed by atoms with Gasteiger partial charge in [-0.15, -0.1) is 0 Å². The SMILES string of the molecule is O=C(COc1ccc(/C=N/NC(=O)c2ccc(Cl)cc2Cl)cc1)Nc1ccccc1Cl. The van der Waals surface area contributed by atoms with Crippen molar-refractivity contribution >= 4 is 58.5 Å². The topological polar surface area (TPSA) is 79.8 Å². The van der Waals surface area contributed by atoms with E-state index < -0.39 is 5.91 Å². The molecule has 31 heavy (non-hydrogen) atoms. The van der Waals surface area contributed by atoms with Crippen molar-refractivity contribution in [1.82, 2.24) is 5.43 Å². The number of hydrogen-bond acceptors (Lipinski definition) is 4. The summed E-state index contributed by atoms with van der Waals surface area (Å²) in [7, 11) is 0. The van der Waals surface area contributed by atoms with Crippen molar-refractivity contribution in [3.05, 3.63) is 92.9 Å². The van der Waals surface area contributed by atoms with Crippen LogP contribution in [0.2, 0.25) is 15.1 Å². The van der Waals surface area contributed by atoms with Crippen molar-refractivity contribution in [1.29, 1.82) is 0 Å². The Morgan fingerprint density at radius 1 is 0.935 bits per heavy atom. The predicted molar refractivity (Wildman–Crippen MR) is 124 cm³/mol. The number of hydrogen-bond donors (Lipinski definition) is 2. The van der Waals surface area contributed by atoms with E-state index in [1.165, 1.54) is 18.3 Å². The largest absolute Gasteiger partial charge is 0.484 e. The smallest absolute Gasteiger partial charge is 0.272 e. The maximum absolute atomic E-state index is 12.1. The first-order valence-corrected chi connectivity index (χ1v) is 10.1. The fourth-order valence-electron chi connectivity index (χ4n) is 2.45. The number of carbonyl (C=O) groups is 2. The fraction of sp³-hybridized carbons (Fsp3) is 0.0455. The molecule has 6 nitrogen and oxygen atoms in total. The van der Waals surface area contributed by atoms with E-state index in [9.17, 15) is 9.59 Å². The Kier molecular flexibility index (Phi) is 7.89. The third kappa shape index (κ3) is 6.72. The number of halogens is 3. The summed E-state index contributed by atoms with van der Waals surface area (Å²) < 4.78 is 5.46. The first-order chi connectivity index (χ1) is 14.9. The molecule has 0 aliphatic carbocycles. The second kappa shape index (κ2) is 10.8. The number of nitrogens with one attached hydrogen (secondary N) is 2. The lowest BCUT2D eigenvalue weighted by atomic mass is 10.2. The molecule has 2 amide bonds. The van der Waals surface area contributed by atoms with Gasteiger partial charge in [-0.2, -0.15) is 5.10 Å². The van der Waals surface area contributed by atoms with E-state index >= 15 is 0 Å². The van der Waals surface area contributed by atoms with Crippen LogP contribution in [0.25, 0.3) is 0 Å². The predicted octanol–water partition coefficient (Wildman–Crippen LogP) is 5.43. The van der Waals surface area contributed by atoms with E-state index in [0.29, 0.717) is 21.5 Å². The Bertz CT molecular complexity index is 1120. The molecule has 0 heterocycles. The zero-order valence-corrected chi connectivity index (χ0v) is 18.2. The molecule has 3 rings (SSSR count). The number of ether oxygens (including phenoxy) is 1. The van der Waals surface area contributed by atoms with Gasteiger partial charge in [-0.1, -0.05) is 46.9 Å². The van der Waals surface area contributed by atoms with Gasteiger partial charge in [0.1, 0.15) is 5.75 Å². The van der Waals surface area contributed by atoms with Gasteiger partial charge < -0.3 is 10.1 Å². The highest BCUT2D eigenvalue weighted by Crippen LogP contribution is 2.21. The number of para-hydroxylation sites is 1. The van der Waals surface area contributed by atoms with Crippen LogP contribution in [-0.2, 0) is 4.79 Å². The first kappa shape index (κ1) is 22.6. The minimum atomic E-state index is -0.456. The van der Waals surface area contributed by atoms with Crippen molar-refractivity contribution in [3.8, 4) is 5.75 Å². The summed E-state index contributed by atoms with van der Waals surface area (Å²) in [5, 5.41) is 7.71. The van der Waals surface area contributed by atoms with Gasteiger partial charge in [0, 0.05) is 5.02 Å². The molecule has 0 fully saturated rings. The number of amides is 2. The lowest BCUT2D eigenvalue weighted by Crippen LogP contribution is -2.20. The Hall–Kier alpha value is -3.06. The molecule has 0 spiro atoms. The Labute approximate surface area is 193 Å². The molecule has 0 unspecified atom stereocenters. The lowest BCUT2D eigenvalue weighted by Gasteiger charge is -2.08. The number of carbonyl (C=O) groups excluding carboxylic acids is 2. The molecule has 0 aliphatic heterocycles. The third-order valence-electron chi connectivity index (χ3n) is 3.95. The van der Waals surface area contributed by atoms with Gasteiger partial charge in [0.05, 0.1) is 27.5 Å². The van der Waals surface area contributed by atoms with E-state index in [-0.39, 0.29) is 23.1 Å². The van der Waals surface area contributed by atoms with Gasteiger partial charge in [0.25, 0.3) is 11.8 Å². The van der Waals surface area contributed by atoms with Gasteiger partial charge >= 0.3 is 0 Å². The number of anilines is 1. The molecule has 0 aromatic heterocycles. The molecular formula is C22H16Cl3N3O3. The standard InChI is InChI=1S/C22H16Cl3N3O3/c23-15-7-10-17(19(25)11-15)22(30)28-26-12-14-5-8-16(9-6-14)31-13-21(29)27-20-4-2-1-3-18(20)24/h1-12H,13H2,(H,27,29)(H,28,30)/b26-12+. The maximum Gasteiger partial charge on any atom is 0.272 e. The van der Waals surface area contributed by atoms with Crippen LogP contribution in [0.3, 0.4) is 0 Å². The maximum atomic E-state index is 12.1. The normalized spacial score (nSPS) is 10.7. The number of rotatable bonds is 7. The summed E-state index contributed by atoms with van der Waals surface area (Å²) in [4.78, 5) is 24.1. The van der Waals surface area contributed by atoms with Gasteiger partial charge in [-0.25, -0.2) is 5.43 Å². The first-order valence-electron chi connectivity index (χ1n) is 8.98. The van der Waals surface area contributed by atoms with Crippen LogP contribution in [0.4, 0.5) is 5.69 Å². The van der Waals surface area contributed by atoms with Crippen LogP contribution in [0, 0.1) is 0 Å². The highest BCUT2D eigenvalue weighted by molar-refractivity contribution is 6.36. The van der Waals surface area contributed by atoms with Crippen LogP contribution in [0.1, 0.15) is 15.9 Å². The molecule has 0 aliphatic rings. The molecule has 0 atom stereocenters. The summed E-state index contributed by atoms with van der Waals surface area (Å²) in [5.41, 5.74) is 3.90. The van der Waals surface area contributed by atoms with Gasteiger partial charge in [-0.05, 0) is 60.2 Å². The minimum Gasteiger partial charge on any atom is -0.484 e. The zero-order chi connectivity index (χ0) is 22.2. The quantitative estimate of drug-likeness (QED) is 0.352. The monoisotopic (exact) mass is 475 g/mol. The average Bonchev–Trinajstić information content (AvgIpc) is 2.75. The van der Waals surface area contributed by atoms with Crippen molar-refractivity contribution in [2.75, 3.05) is 11.9 Å². The van der Waals surface area contributed by atoms with E-state index in [2.05, 4.69) is 15.8 Å². The number of nitrogens with zero attached hydrogens (tertiary/aromatic N) is 1. The van der Waals surface area contributed by atoms with Crippen LogP contribution in [0.15, 0.2) is 71.8 Å². The number of hydrazone groups is 1. The molecule has 2 N–H and O–H groups in total. The van der Waals surface area contributed by atoms with Crippen molar-refractivity contribution in [3.63, 3.8) is 0 Å². The zero-order valence-electron chi connectivity index (χ0n) is 15.9. The van der Waals surface area contributed by atoms with Crippen LogP contribution in [-0.4, -0.2) is 24.6 Å². The highest BCUT2D eigenvalue weighted by Gasteiger charge is 2.09. The summed E-state index contributed by atoms with van der Waals surface area (Å²) in [5.74, 6) is -0.284. The molecule has 0 saturated carbocycles. The van der Waals surface area contributed by atoms with Crippen LogP contribution in [0.5, 0.6) is 5.75 Å². The van der Waals surface area contributed by atoms with Gasteiger partial charge in [0.15, 0.2) is 6.61 Å². The Morgan fingerprint density at radius 2 is 1.68 bits per heavy atom. The average molecular weight is 477 g/mol. The van der Waals surface area contributed by atoms with Crippen molar-refractivity contribution in [2.24, 2.45) is 5.10 Å². The Balaban J connectivity index is 1.49. The van der Waals surface area contributed by atoms with Gasteiger partial charge in [-0.3, -0.25) is 9.59 Å². The Morgan fingerprint density at radius 3 is 2.39 bits per heavy atom. The molecule has 3 aromatic carbocycles. The molecule has 3 aromatic rings. The number of benzene rings is 3. The third-order valence-corrected chi connectivity index (χ3v) is 4.83. The van der Waals surface area contributed by atoms with E-state index in [4.69, 9.17) is 39.5 Å². The van der Waals surface area contributed by atoms with E-state index in [1.54, 1.807) is 54.6 Å². The van der Waals surface area contributed by atoms with Gasteiger partial charge in [0.2, 0.25) is 0 Å². The summed E-state index contributed by atoms with van der Waals surface area (Å²) in [6.45, 7) is -0.170. The molecule has 9 heteroatoms. The van der Waals surface area contributed by atoms with Crippen molar-refractivity contribution < 1.29 is 14.3 Å². The molecule has 0 bridgehead atoms. The fourth-order valence-corrected chi connectivity index (χ4v) is 3.12. The summed E-state index contributed by atoms with van der Waals surface area (Å²) in [6.07, 6.45) is 1.47. The second-order valence-electron chi connectivity index (χ2n) is 6.21.